The zero-order valence-electron chi connectivity index (χ0n) is 11.4. The van der Waals surface area contributed by atoms with Crippen molar-refractivity contribution in [1.29, 1.82) is 0 Å². The Morgan fingerprint density at radius 2 is 1.90 bits per heavy atom. The molecule has 0 saturated heterocycles. The first-order valence-electron chi connectivity index (χ1n) is 6.27. The molecule has 0 aliphatic heterocycles. The summed E-state index contributed by atoms with van der Waals surface area (Å²) in [6, 6.07) is 13.0. The Morgan fingerprint density at radius 3 is 2.50 bits per heavy atom. The van der Waals surface area contributed by atoms with E-state index in [4.69, 9.17) is 16.3 Å². The van der Waals surface area contributed by atoms with Crippen molar-refractivity contribution >= 4 is 23.2 Å². The Hall–Kier alpha value is -2.00. The van der Waals surface area contributed by atoms with Crippen molar-refractivity contribution in [3.8, 4) is 5.75 Å². The quantitative estimate of drug-likeness (QED) is 0.929. The monoisotopic (exact) mass is 289 g/mol. The van der Waals surface area contributed by atoms with Crippen molar-refractivity contribution < 1.29 is 9.53 Å². The van der Waals surface area contributed by atoms with Gasteiger partial charge in [-0.1, -0.05) is 29.8 Å². The van der Waals surface area contributed by atoms with Gasteiger partial charge >= 0.3 is 0 Å². The van der Waals surface area contributed by atoms with Gasteiger partial charge in [-0.25, -0.2) is 0 Å². The zero-order chi connectivity index (χ0) is 14.5. The largest absolute Gasteiger partial charge is 0.497 e. The molecule has 2 aromatic carbocycles. The first kappa shape index (κ1) is 14.4. The van der Waals surface area contributed by atoms with Crippen LogP contribution in [-0.2, 0) is 11.2 Å². The average molecular weight is 290 g/mol. The number of hydrogen-bond acceptors (Lipinski definition) is 2. The van der Waals surface area contributed by atoms with Gasteiger partial charge in [0.25, 0.3) is 0 Å². The maximum absolute atomic E-state index is 12.0. The van der Waals surface area contributed by atoms with Crippen LogP contribution in [0.3, 0.4) is 0 Å². The molecule has 1 amide bonds. The molecule has 0 spiro atoms. The molecule has 2 aromatic rings. The molecule has 3 nitrogen and oxygen atoms in total. The number of carbonyl (C=O) groups is 1. The number of nitrogens with one attached hydrogen (secondary N) is 1. The number of aryl methyl sites for hydroxylation is 1. The van der Waals surface area contributed by atoms with E-state index in [1.54, 1.807) is 7.11 Å². The first-order chi connectivity index (χ1) is 9.58. The van der Waals surface area contributed by atoms with Gasteiger partial charge in [0, 0.05) is 0 Å². The smallest absolute Gasteiger partial charge is 0.228 e. The molecule has 104 valence electrons. The molecule has 0 atom stereocenters. The normalized spacial score (nSPS) is 10.2. The minimum absolute atomic E-state index is 0.0964. The van der Waals surface area contributed by atoms with Gasteiger partial charge in [0.1, 0.15) is 5.75 Å². The molecule has 0 radical (unpaired) electrons. The van der Waals surface area contributed by atoms with E-state index >= 15 is 0 Å². The molecular weight excluding hydrogens is 274 g/mol. The third-order valence-corrected chi connectivity index (χ3v) is 3.24. The van der Waals surface area contributed by atoms with E-state index in [9.17, 15) is 4.79 Å². The molecule has 0 bridgehead atoms. The Kier molecular flexibility index (Phi) is 4.64. The second-order valence-electron chi connectivity index (χ2n) is 4.56. The van der Waals surface area contributed by atoms with Gasteiger partial charge in [0.05, 0.1) is 24.2 Å². The number of ether oxygens (including phenoxy) is 1. The highest BCUT2D eigenvalue weighted by Gasteiger charge is 2.07. The standard InChI is InChI=1S/C16H16ClNO2/c1-11-3-8-15(14(17)9-11)18-16(19)10-12-4-6-13(20-2)7-5-12/h3-9H,10H2,1-2H3,(H,18,19). The lowest BCUT2D eigenvalue weighted by atomic mass is 10.1. The van der Waals surface area contributed by atoms with Crippen molar-refractivity contribution in [2.24, 2.45) is 0 Å². The molecule has 0 unspecified atom stereocenters. The van der Waals surface area contributed by atoms with Crippen LogP contribution in [-0.4, -0.2) is 13.0 Å². The van der Waals surface area contributed by atoms with Crippen molar-refractivity contribution in [2.45, 2.75) is 13.3 Å². The number of halogens is 1. The van der Waals surface area contributed by atoms with Crippen LogP contribution in [0.1, 0.15) is 11.1 Å². The Bertz CT molecular complexity index is 608. The van der Waals surface area contributed by atoms with Crippen LogP contribution in [0.25, 0.3) is 0 Å². The van der Waals surface area contributed by atoms with Crippen molar-refractivity contribution in [1.82, 2.24) is 0 Å². The molecule has 0 aliphatic carbocycles. The third-order valence-electron chi connectivity index (χ3n) is 2.92. The highest BCUT2D eigenvalue weighted by molar-refractivity contribution is 6.33. The second kappa shape index (κ2) is 6.44. The fourth-order valence-corrected chi connectivity index (χ4v) is 2.13. The number of anilines is 1. The van der Waals surface area contributed by atoms with Crippen LogP contribution in [0.2, 0.25) is 5.02 Å². The molecule has 1 N–H and O–H groups in total. The number of carbonyl (C=O) groups excluding carboxylic acids is 1. The Balaban J connectivity index is 2.01. The first-order valence-corrected chi connectivity index (χ1v) is 6.65. The lowest BCUT2D eigenvalue weighted by Crippen LogP contribution is -2.14. The van der Waals surface area contributed by atoms with E-state index in [2.05, 4.69) is 5.32 Å². The fraction of sp³-hybridized carbons (Fsp3) is 0.188. The summed E-state index contributed by atoms with van der Waals surface area (Å²) in [5.74, 6) is 0.677. The topological polar surface area (TPSA) is 38.3 Å². The van der Waals surface area contributed by atoms with Crippen LogP contribution in [0.4, 0.5) is 5.69 Å². The molecule has 4 heteroatoms. The third kappa shape index (κ3) is 3.75. The Labute approximate surface area is 123 Å². The molecule has 0 aliphatic rings. The maximum atomic E-state index is 12.0. The maximum Gasteiger partial charge on any atom is 0.228 e. The summed E-state index contributed by atoms with van der Waals surface area (Å²) in [6.45, 7) is 1.95. The lowest BCUT2D eigenvalue weighted by Gasteiger charge is -2.08. The van der Waals surface area contributed by atoms with Crippen molar-refractivity contribution in [3.63, 3.8) is 0 Å². The molecule has 2 rings (SSSR count). The van der Waals surface area contributed by atoms with Crippen LogP contribution in [0, 0.1) is 6.92 Å². The minimum Gasteiger partial charge on any atom is -0.497 e. The predicted molar refractivity (Wildman–Crippen MR) is 81.5 cm³/mol. The van der Waals surface area contributed by atoms with Gasteiger partial charge in [-0.05, 0) is 42.3 Å². The van der Waals surface area contributed by atoms with E-state index in [0.717, 1.165) is 16.9 Å². The molecule has 0 saturated carbocycles. The predicted octanol–water partition coefficient (Wildman–Crippen LogP) is 3.84. The van der Waals surface area contributed by atoms with Gasteiger partial charge in [-0.3, -0.25) is 4.79 Å². The molecule has 0 aromatic heterocycles. The molecular formula is C16H16ClNO2. The van der Waals surface area contributed by atoms with E-state index in [0.29, 0.717) is 17.1 Å². The van der Waals surface area contributed by atoms with E-state index < -0.39 is 0 Å². The summed E-state index contributed by atoms with van der Waals surface area (Å²) in [5, 5.41) is 3.36. The number of rotatable bonds is 4. The van der Waals surface area contributed by atoms with Gasteiger partial charge in [-0.15, -0.1) is 0 Å². The summed E-state index contributed by atoms with van der Waals surface area (Å²) < 4.78 is 5.08. The SMILES string of the molecule is COc1ccc(CC(=O)Nc2ccc(C)cc2Cl)cc1. The summed E-state index contributed by atoms with van der Waals surface area (Å²) >= 11 is 6.08. The van der Waals surface area contributed by atoms with Gasteiger partial charge in [0.2, 0.25) is 5.91 Å². The molecule has 0 heterocycles. The number of amides is 1. The highest BCUT2D eigenvalue weighted by atomic mass is 35.5. The zero-order valence-corrected chi connectivity index (χ0v) is 12.2. The van der Waals surface area contributed by atoms with Crippen LogP contribution in [0.15, 0.2) is 42.5 Å². The summed E-state index contributed by atoms with van der Waals surface area (Å²) in [5.41, 5.74) is 2.62. The minimum atomic E-state index is -0.0964. The number of hydrogen-bond donors (Lipinski definition) is 1. The van der Waals surface area contributed by atoms with Crippen LogP contribution < -0.4 is 10.1 Å². The van der Waals surface area contributed by atoms with Crippen LogP contribution >= 0.6 is 11.6 Å². The van der Waals surface area contributed by atoms with Gasteiger partial charge in [0.15, 0.2) is 0 Å². The van der Waals surface area contributed by atoms with Crippen molar-refractivity contribution in [2.75, 3.05) is 12.4 Å². The van der Waals surface area contributed by atoms with Gasteiger partial charge < -0.3 is 10.1 Å². The summed E-state index contributed by atoms with van der Waals surface area (Å²) in [4.78, 5) is 12.0. The average Bonchev–Trinajstić information content (AvgIpc) is 2.43. The molecule has 0 fully saturated rings. The fourth-order valence-electron chi connectivity index (χ4n) is 1.84. The number of benzene rings is 2. The van der Waals surface area contributed by atoms with Gasteiger partial charge in [-0.2, -0.15) is 0 Å². The van der Waals surface area contributed by atoms with Crippen LogP contribution in [0.5, 0.6) is 5.75 Å². The van der Waals surface area contributed by atoms with Crippen molar-refractivity contribution in [3.05, 3.63) is 58.6 Å². The lowest BCUT2D eigenvalue weighted by molar-refractivity contribution is -0.115. The van der Waals surface area contributed by atoms with E-state index in [-0.39, 0.29) is 5.91 Å². The summed E-state index contributed by atoms with van der Waals surface area (Å²) in [7, 11) is 1.61. The number of methoxy groups -OCH3 is 1. The molecule has 20 heavy (non-hydrogen) atoms. The van der Waals surface area contributed by atoms with E-state index in [1.165, 1.54) is 0 Å². The van der Waals surface area contributed by atoms with E-state index in [1.807, 2.05) is 49.4 Å². The Morgan fingerprint density at radius 1 is 1.20 bits per heavy atom. The highest BCUT2D eigenvalue weighted by Crippen LogP contribution is 2.23. The second-order valence-corrected chi connectivity index (χ2v) is 4.96. The summed E-state index contributed by atoms with van der Waals surface area (Å²) in [6.07, 6.45) is 0.300.